The Morgan fingerprint density at radius 1 is 1.19 bits per heavy atom. The van der Waals surface area contributed by atoms with Gasteiger partial charge < -0.3 is 11.1 Å². The van der Waals surface area contributed by atoms with Gasteiger partial charge in [0.05, 0.1) is 0 Å². The van der Waals surface area contributed by atoms with Gasteiger partial charge in [-0.1, -0.05) is 30.3 Å². The molecule has 1 heterocycles. The summed E-state index contributed by atoms with van der Waals surface area (Å²) in [6.07, 6.45) is 2.52. The summed E-state index contributed by atoms with van der Waals surface area (Å²) in [6.45, 7) is 1.85. The van der Waals surface area contributed by atoms with Crippen LogP contribution in [-0.4, -0.2) is 19.1 Å². The number of hydrogen-bond acceptors (Lipinski definition) is 2. The van der Waals surface area contributed by atoms with Crippen LogP contribution in [0.3, 0.4) is 0 Å². The zero-order chi connectivity index (χ0) is 9.80. The van der Waals surface area contributed by atoms with Crippen LogP contribution in [0.25, 0.3) is 0 Å². The molecule has 0 saturated carbocycles. The molecule has 1 aliphatic rings. The van der Waals surface area contributed by atoms with E-state index >= 15 is 0 Å². The highest BCUT2D eigenvalue weighted by Crippen LogP contribution is 2.27. The summed E-state index contributed by atoms with van der Waals surface area (Å²) < 4.78 is 0. The minimum Gasteiger partial charge on any atom is -0.329 e. The molecule has 1 fully saturated rings. The molecule has 16 heavy (non-hydrogen) atoms. The van der Waals surface area contributed by atoms with Gasteiger partial charge in [-0.25, -0.2) is 0 Å². The Labute approximate surface area is 110 Å². The molecule has 92 valence electrons. The first kappa shape index (κ1) is 15.7. The van der Waals surface area contributed by atoms with E-state index in [2.05, 4.69) is 35.6 Å². The van der Waals surface area contributed by atoms with E-state index in [1.807, 2.05) is 0 Å². The highest BCUT2D eigenvalue weighted by molar-refractivity contribution is 5.85. The van der Waals surface area contributed by atoms with Gasteiger partial charge in [0.1, 0.15) is 0 Å². The molecule has 0 aromatic heterocycles. The lowest BCUT2D eigenvalue weighted by molar-refractivity contribution is 0.356. The van der Waals surface area contributed by atoms with E-state index in [0.29, 0.717) is 12.0 Å². The highest BCUT2D eigenvalue weighted by Gasteiger charge is 2.24. The first-order valence-electron chi connectivity index (χ1n) is 5.40. The molecule has 0 amide bonds. The summed E-state index contributed by atoms with van der Waals surface area (Å²) in [5.41, 5.74) is 7.19. The van der Waals surface area contributed by atoms with Crippen LogP contribution in [0, 0.1) is 0 Å². The zero-order valence-corrected chi connectivity index (χ0v) is 10.9. The number of halogens is 2. The second-order valence-corrected chi connectivity index (χ2v) is 3.96. The van der Waals surface area contributed by atoms with Crippen LogP contribution in [0.15, 0.2) is 30.3 Å². The zero-order valence-electron chi connectivity index (χ0n) is 9.26. The Hall–Kier alpha value is -0.280. The molecule has 1 aliphatic heterocycles. The van der Waals surface area contributed by atoms with Crippen molar-refractivity contribution in [2.24, 2.45) is 5.73 Å². The summed E-state index contributed by atoms with van der Waals surface area (Å²) in [5, 5.41) is 3.49. The molecule has 3 N–H and O–H groups in total. The van der Waals surface area contributed by atoms with E-state index < -0.39 is 0 Å². The SMILES string of the molecule is Cl.Cl.NC[C@H]1NCCC[C@H]1c1ccccc1. The minimum atomic E-state index is 0. The maximum atomic E-state index is 5.77. The maximum absolute atomic E-state index is 5.77. The van der Waals surface area contributed by atoms with Crippen molar-refractivity contribution >= 4 is 24.8 Å². The molecule has 2 atom stereocenters. The molecule has 2 nitrogen and oxygen atoms in total. The van der Waals surface area contributed by atoms with E-state index in [4.69, 9.17) is 5.73 Å². The van der Waals surface area contributed by atoms with Crippen LogP contribution >= 0.6 is 24.8 Å². The molecule has 2 rings (SSSR count). The molecule has 0 spiro atoms. The maximum Gasteiger partial charge on any atom is 0.0258 e. The monoisotopic (exact) mass is 262 g/mol. The average molecular weight is 263 g/mol. The van der Waals surface area contributed by atoms with Gasteiger partial charge in [0.15, 0.2) is 0 Å². The summed E-state index contributed by atoms with van der Waals surface area (Å²) >= 11 is 0. The summed E-state index contributed by atoms with van der Waals surface area (Å²) in [6, 6.07) is 11.2. The smallest absolute Gasteiger partial charge is 0.0258 e. The minimum absolute atomic E-state index is 0. The van der Waals surface area contributed by atoms with Gasteiger partial charge in [0.25, 0.3) is 0 Å². The number of rotatable bonds is 2. The van der Waals surface area contributed by atoms with Crippen LogP contribution in [0.1, 0.15) is 24.3 Å². The normalized spacial score (nSPS) is 24.1. The Bertz CT molecular complexity index is 280. The lowest BCUT2D eigenvalue weighted by Crippen LogP contribution is -2.44. The lowest BCUT2D eigenvalue weighted by atomic mass is 9.85. The van der Waals surface area contributed by atoms with E-state index in [-0.39, 0.29) is 24.8 Å². The molecule has 1 aromatic carbocycles. The quantitative estimate of drug-likeness (QED) is 0.859. The third kappa shape index (κ3) is 3.63. The van der Waals surface area contributed by atoms with Crippen LogP contribution in [-0.2, 0) is 0 Å². The van der Waals surface area contributed by atoms with Crippen LogP contribution in [0.4, 0.5) is 0 Å². The van der Waals surface area contributed by atoms with Gasteiger partial charge in [-0.3, -0.25) is 0 Å². The Morgan fingerprint density at radius 2 is 1.88 bits per heavy atom. The number of hydrogen-bond donors (Lipinski definition) is 2. The standard InChI is InChI=1S/C12H18N2.2ClH/c13-9-12-11(7-4-8-14-12)10-5-2-1-3-6-10;;/h1-3,5-6,11-12,14H,4,7-9,13H2;2*1H/t11-,12+;;/m0../s1. The topological polar surface area (TPSA) is 38.0 Å². The second-order valence-electron chi connectivity index (χ2n) is 3.96. The van der Waals surface area contributed by atoms with Gasteiger partial charge in [-0.2, -0.15) is 0 Å². The van der Waals surface area contributed by atoms with Crippen molar-refractivity contribution in [2.45, 2.75) is 24.8 Å². The fourth-order valence-electron chi connectivity index (χ4n) is 2.30. The number of piperidine rings is 1. The average Bonchev–Trinajstić information content (AvgIpc) is 2.30. The van der Waals surface area contributed by atoms with Crippen LogP contribution in [0.5, 0.6) is 0 Å². The molecule has 1 aromatic rings. The highest BCUT2D eigenvalue weighted by atomic mass is 35.5. The van der Waals surface area contributed by atoms with Crippen LogP contribution < -0.4 is 11.1 Å². The fourth-order valence-corrected chi connectivity index (χ4v) is 2.30. The van der Waals surface area contributed by atoms with Crippen molar-refractivity contribution < 1.29 is 0 Å². The summed E-state index contributed by atoms with van der Waals surface area (Å²) in [4.78, 5) is 0. The van der Waals surface area contributed by atoms with E-state index in [1.165, 1.54) is 18.4 Å². The first-order chi connectivity index (χ1) is 6.92. The van der Waals surface area contributed by atoms with Crippen molar-refractivity contribution in [1.82, 2.24) is 5.32 Å². The molecule has 4 heteroatoms. The van der Waals surface area contributed by atoms with Crippen molar-refractivity contribution in [3.63, 3.8) is 0 Å². The van der Waals surface area contributed by atoms with Gasteiger partial charge in [0, 0.05) is 18.5 Å². The fraction of sp³-hybridized carbons (Fsp3) is 0.500. The van der Waals surface area contributed by atoms with Gasteiger partial charge in [0.2, 0.25) is 0 Å². The van der Waals surface area contributed by atoms with Crippen molar-refractivity contribution in [3.05, 3.63) is 35.9 Å². The van der Waals surface area contributed by atoms with Gasteiger partial charge in [-0.15, -0.1) is 24.8 Å². The summed E-state index contributed by atoms with van der Waals surface area (Å²) in [7, 11) is 0. The second kappa shape index (κ2) is 7.91. The first-order valence-corrected chi connectivity index (χ1v) is 5.40. The largest absolute Gasteiger partial charge is 0.329 e. The van der Waals surface area contributed by atoms with Crippen molar-refractivity contribution in [3.8, 4) is 0 Å². The Morgan fingerprint density at radius 3 is 2.50 bits per heavy atom. The predicted octanol–water partition coefficient (Wildman–Crippen LogP) is 2.32. The van der Waals surface area contributed by atoms with E-state index in [0.717, 1.165) is 13.1 Å². The molecule has 0 aliphatic carbocycles. The van der Waals surface area contributed by atoms with E-state index in [9.17, 15) is 0 Å². The molecule has 0 bridgehead atoms. The van der Waals surface area contributed by atoms with Crippen molar-refractivity contribution in [1.29, 1.82) is 0 Å². The predicted molar refractivity (Wildman–Crippen MR) is 73.8 cm³/mol. The molecule has 0 unspecified atom stereocenters. The third-order valence-corrected chi connectivity index (χ3v) is 3.07. The molecular weight excluding hydrogens is 243 g/mol. The number of benzene rings is 1. The van der Waals surface area contributed by atoms with Gasteiger partial charge in [-0.05, 0) is 24.9 Å². The lowest BCUT2D eigenvalue weighted by Gasteiger charge is -2.32. The van der Waals surface area contributed by atoms with Crippen molar-refractivity contribution in [2.75, 3.05) is 13.1 Å². The Kier molecular flexibility index (Phi) is 7.77. The number of nitrogens with two attached hydrogens (primary N) is 1. The Balaban J connectivity index is 0.00000112. The van der Waals surface area contributed by atoms with E-state index in [1.54, 1.807) is 0 Å². The summed E-state index contributed by atoms with van der Waals surface area (Å²) in [5.74, 6) is 0.606. The number of nitrogens with one attached hydrogen (secondary N) is 1. The molecule has 0 radical (unpaired) electrons. The molecular formula is C12H20Cl2N2. The third-order valence-electron chi connectivity index (χ3n) is 3.07. The van der Waals surface area contributed by atoms with Gasteiger partial charge >= 0.3 is 0 Å². The van der Waals surface area contributed by atoms with Crippen LogP contribution in [0.2, 0.25) is 0 Å². The molecule has 1 saturated heterocycles.